The molecule has 5 heteroatoms. The fraction of sp³-hybridized carbons (Fsp3) is 0.211. The van der Waals surface area contributed by atoms with Crippen molar-refractivity contribution in [3.05, 3.63) is 72.0 Å². The van der Waals surface area contributed by atoms with Gasteiger partial charge in [0.15, 0.2) is 12.1 Å². The van der Waals surface area contributed by atoms with Gasteiger partial charge in [-0.25, -0.2) is 0 Å². The summed E-state index contributed by atoms with van der Waals surface area (Å²) in [5.41, 5.74) is 0.698. The molecule has 2 aromatic rings. The average Bonchev–Trinajstić information content (AvgIpc) is 2.58. The molecular weight excluding hydrogens is 308 g/mol. The largest absolute Gasteiger partial charge is 0.510 e. The highest BCUT2D eigenvalue weighted by atomic mass is 16.7. The van der Waals surface area contributed by atoms with Crippen molar-refractivity contribution in [1.29, 1.82) is 0 Å². The Bertz CT molecular complexity index is 709. The van der Waals surface area contributed by atoms with E-state index in [-0.39, 0.29) is 29.5 Å². The maximum absolute atomic E-state index is 12.4. The number of carbonyl (C=O) groups excluding carboxylic acids is 1. The summed E-state index contributed by atoms with van der Waals surface area (Å²) in [6, 6.07) is 13.2. The molecule has 0 saturated carbocycles. The van der Waals surface area contributed by atoms with Crippen molar-refractivity contribution in [2.24, 2.45) is 0 Å². The van der Waals surface area contributed by atoms with Crippen LogP contribution in [0.25, 0.3) is 0 Å². The fourth-order valence-corrected chi connectivity index (χ4v) is 2.10. The van der Waals surface area contributed by atoms with Crippen LogP contribution in [0.4, 0.5) is 0 Å². The van der Waals surface area contributed by atoms with Gasteiger partial charge in [-0.15, -0.1) is 0 Å². The summed E-state index contributed by atoms with van der Waals surface area (Å²) in [5, 5.41) is 19.2. The molecule has 24 heavy (non-hydrogen) atoms. The molecule has 0 spiro atoms. The minimum Gasteiger partial charge on any atom is -0.510 e. The lowest BCUT2D eigenvalue weighted by atomic mass is 10.0. The Morgan fingerprint density at radius 2 is 1.92 bits per heavy atom. The first-order valence-electron chi connectivity index (χ1n) is 7.59. The third-order valence-electron chi connectivity index (χ3n) is 3.29. The molecule has 0 aromatic heterocycles. The molecule has 0 bridgehead atoms. The van der Waals surface area contributed by atoms with E-state index in [4.69, 9.17) is 14.6 Å². The van der Waals surface area contributed by atoms with Crippen LogP contribution < -0.4 is 4.74 Å². The standard InChI is InChI=1S/C19H20O5/c1-3-18(23-12-13(2)20)24-15-9-10-16(17(21)11-15)19(22)14-7-5-4-6-8-14/h4-11,18,20-21H,2-3,12H2,1H3. The van der Waals surface area contributed by atoms with Gasteiger partial charge in [0.1, 0.15) is 23.9 Å². The number of hydrogen-bond acceptors (Lipinski definition) is 5. The number of aromatic hydroxyl groups is 1. The van der Waals surface area contributed by atoms with Crippen LogP contribution >= 0.6 is 0 Å². The molecule has 0 heterocycles. The van der Waals surface area contributed by atoms with Crippen molar-refractivity contribution in [2.75, 3.05) is 6.61 Å². The third kappa shape index (κ3) is 4.60. The van der Waals surface area contributed by atoms with Crippen LogP contribution in [0.5, 0.6) is 11.5 Å². The molecule has 0 aliphatic carbocycles. The second-order valence-corrected chi connectivity index (χ2v) is 5.21. The SMILES string of the molecule is C=C(O)COC(CC)Oc1ccc(C(=O)c2ccccc2)c(O)c1. The number of aliphatic hydroxyl groups is 1. The number of rotatable bonds is 8. The van der Waals surface area contributed by atoms with Crippen LogP contribution in [0, 0.1) is 0 Å². The lowest BCUT2D eigenvalue weighted by Gasteiger charge is -2.18. The zero-order valence-electron chi connectivity index (χ0n) is 13.4. The third-order valence-corrected chi connectivity index (χ3v) is 3.29. The number of phenols is 1. The molecule has 1 atom stereocenters. The van der Waals surface area contributed by atoms with Gasteiger partial charge in [-0.1, -0.05) is 43.8 Å². The van der Waals surface area contributed by atoms with Crippen molar-refractivity contribution in [3.63, 3.8) is 0 Å². The van der Waals surface area contributed by atoms with E-state index in [9.17, 15) is 9.90 Å². The van der Waals surface area contributed by atoms with Crippen LogP contribution in [-0.2, 0) is 4.74 Å². The zero-order chi connectivity index (χ0) is 17.5. The summed E-state index contributed by atoms with van der Waals surface area (Å²) in [5.74, 6) is -0.154. The number of benzene rings is 2. The first kappa shape index (κ1) is 17.6. The topological polar surface area (TPSA) is 76.0 Å². The van der Waals surface area contributed by atoms with E-state index >= 15 is 0 Å². The predicted molar refractivity (Wildman–Crippen MR) is 90.4 cm³/mol. The van der Waals surface area contributed by atoms with Gasteiger partial charge in [0.2, 0.25) is 0 Å². The van der Waals surface area contributed by atoms with Gasteiger partial charge in [-0.05, 0) is 12.1 Å². The highest BCUT2D eigenvalue weighted by Crippen LogP contribution is 2.27. The predicted octanol–water partition coefficient (Wildman–Crippen LogP) is 3.83. The Hall–Kier alpha value is -2.79. The smallest absolute Gasteiger partial charge is 0.200 e. The summed E-state index contributed by atoms with van der Waals surface area (Å²) in [4.78, 5) is 12.4. The Labute approximate surface area is 140 Å². The molecule has 0 fully saturated rings. The van der Waals surface area contributed by atoms with E-state index < -0.39 is 6.29 Å². The maximum atomic E-state index is 12.4. The summed E-state index contributed by atoms with van der Waals surface area (Å²) >= 11 is 0. The van der Waals surface area contributed by atoms with E-state index in [0.29, 0.717) is 17.7 Å². The molecule has 5 nitrogen and oxygen atoms in total. The second kappa shape index (κ2) is 8.17. The van der Waals surface area contributed by atoms with Gasteiger partial charge in [0, 0.05) is 18.1 Å². The van der Waals surface area contributed by atoms with Gasteiger partial charge < -0.3 is 19.7 Å². The molecule has 2 aromatic carbocycles. The van der Waals surface area contributed by atoms with Crippen LogP contribution in [0.15, 0.2) is 60.9 Å². The van der Waals surface area contributed by atoms with Gasteiger partial charge in [0.25, 0.3) is 0 Å². The molecular formula is C19H20O5. The first-order chi connectivity index (χ1) is 11.5. The van der Waals surface area contributed by atoms with Crippen LogP contribution in [0.1, 0.15) is 29.3 Å². The molecule has 0 saturated heterocycles. The quantitative estimate of drug-likeness (QED) is 0.437. The molecule has 0 aliphatic heterocycles. The van der Waals surface area contributed by atoms with E-state index in [1.54, 1.807) is 30.3 Å². The highest BCUT2D eigenvalue weighted by Gasteiger charge is 2.15. The van der Waals surface area contributed by atoms with E-state index in [1.165, 1.54) is 12.1 Å². The number of ketones is 1. The van der Waals surface area contributed by atoms with Crippen molar-refractivity contribution in [3.8, 4) is 11.5 Å². The fourth-order valence-electron chi connectivity index (χ4n) is 2.10. The minimum absolute atomic E-state index is 0.0327. The maximum Gasteiger partial charge on any atom is 0.200 e. The number of ether oxygens (including phenoxy) is 2. The van der Waals surface area contributed by atoms with E-state index in [0.717, 1.165) is 0 Å². The van der Waals surface area contributed by atoms with Crippen molar-refractivity contribution in [2.45, 2.75) is 19.6 Å². The average molecular weight is 328 g/mol. The monoisotopic (exact) mass is 328 g/mol. The summed E-state index contributed by atoms with van der Waals surface area (Å²) < 4.78 is 10.9. The molecule has 0 amide bonds. The van der Waals surface area contributed by atoms with Crippen molar-refractivity contribution in [1.82, 2.24) is 0 Å². The number of phenolic OH excluding ortho intramolecular Hbond substituents is 1. The van der Waals surface area contributed by atoms with E-state index in [1.807, 2.05) is 13.0 Å². The molecule has 126 valence electrons. The van der Waals surface area contributed by atoms with Gasteiger partial charge >= 0.3 is 0 Å². The van der Waals surface area contributed by atoms with Crippen LogP contribution in [-0.4, -0.2) is 28.9 Å². The first-order valence-corrected chi connectivity index (χ1v) is 7.59. The molecule has 0 aliphatic rings. The lowest BCUT2D eigenvalue weighted by Crippen LogP contribution is -2.20. The van der Waals surface area contributed by atoms with E-state index in [2.05, 4.69) is 6.58 Å². The normalized spacial score (nSPS) is 11.7. The van der Waals surface area contributed by atoms with Crippen LogP contribution in [0.3, 0.4) is 0 Å². The Balaban J connectivity index is 2.11. The number of carbonyl (C=O) groups is 1. The summed E-state index contributed by atoms with van der Waals surface area (Å²) in [6.07, 6.45) is -0.0531. The minimum atomic E-state index is -0.594. The lowest BCUT2D eigenvalue weighted by molar-refractivity contribution is -0.0794. The van der Waals surface area contributed by atoms with Gasteiger partial charge in [-0.2, -0.15) is 0 Å². The Morgan fingerprint density at radius 3 is 2.50 bits per heavy atom. The van der Waals surface area contributed by atoms with Gasteiger partial charge in [0.05, 0.1) is 5.56 Å². The Kier molecular flexibility index (Phi) is 5.98. The zero-order valence-corrected chi connectivity index (χ0v) is 13.4. The molecule has 2 N–H and O–H groups in total. The molecule has 0 radical (unpaired) electrons. The van der Waals surface area contributed by atoms with Crippen molar-refractivity contribution >= 4 is 5.78 Å². The molecule has 2 rings (SSSR count). The number of hydrogen-bond donors (Lipinski definition) is 2. The number of aliphatic hydroxyl groups excluding tert-OH is 1. The van der Waals surface area contributed by atoms with Gasteiger partial charge in [-0.3, -0.25) is 4.79 Å². The van der Waals surface area contributed by atoms with Crippen LogP contribution in [0.2, 0.25) is 0 Å². The summed E-state index contributed by atoms with van der Waals surface area (Å²) in [6.45, 7) is 5.17. The second-order valence-electron chi connectivity index (χ2n) is 5.21. The molecule has 1 unspecified atom stereocenters. The Morgan fingerprint density at radius 1 is 1.21 bits per heavy atom. The highest BCUT2D eigenvalue weighted by molar-refractivity contribution is 6.10. The van der Waals surface area contributed by atoms with Crippen molar-refractivity contribution < 1.29 is 24.5 Å². The summed E-state index contributed by atoms with van der Waals surface area (Å²) in [7, 11) is 0.